The first kappa shape index (κ1) is 18.3. The van der Waals surface area contributed by atoms with Crippen molar-refractivity contribution in [3.05, 3.63) is 74.5 Å². The van der Waals surface area contributed by atoms with E-state index in [2.05, 4.69) is 10.6 Å². The molecule has 138 valence electrons. The van der Waals surface area contributed by atoms with E-state index in [4.69, 9.17) is 4.42 Å². The summed E-state index contributed by atoms with van der Waals surface area (Å²) in [5, 5.41) is 16.8. The Bertz CT molecular complexity index is 1020. The lowest BCUT2D eigenvalue weighted by molar-refractivity contribution is -0.384. The molecule has 0 saturated heterocycles. The number of nitrogens with one attached hydrogen (secondary N) is 2. The first-order chi connectivity index (χ1) is 12.8. The molecular weight excluding hydrogens is 370 g/mol. The molecule has 0 saturated carbocycles. The van der Waals surface area contributed by atoms with E-state index in [1.54, 1.807) is 32.0 Å². The number of benzene rings is 1. The molecule has 2 amide bonds. The monoisotopic (exact) mass is 385 g/mol. The van der Waals surface area contributed by atoms with Crippen LogP contribution in [-0.2, 0) is 0 Å². The van der Waals surface area contributed by atoms with Crippen LogP contribution in [0.15, 0.2) is 47.1 Å². The lowest BCUT2D eigenvalue weighted by atomic mass is 10.1. The van der Waals surface area contributed by atoms with Crippen molar-refractivity contribution in [1.29, 1.82) is 0 Å². The Labute approximate surface area is 158 Å². The number of carbonyl (C=O) groups is 2. The summed E-state index contributed by atoms with van der Waals surface area (Å²) in [5.74, 6) is -0.651. The van der Waals surface area contributed by atoms with Gasteiger partial charge in [0.15, 0.2) is 5.76 Å². The molecule has 2 N–H and O–H groups in total. The number of thiophene rings is 1. The van der Waals surface area contributed by atoms with Crippen molar-refractivity contribution < 1.29 is 18.9 Å². The maximum atomic E-state index is 12.6. The third-order valence-electron chi connectivity index (χ3n) is 3.79. The van der Waals surface area contributed by atoms with Gasteiger partial charge >= 0.3 is 0 Å². The van der Waals surface area contributed by atoms with Crippen LogP contribution in [0.5, 0.6) is 0 Å². The van der Waals surface area contributed by atoms with E-state index in [9.17, 15) is 19.7 Å². The molecule has 0 fully saturated rings. The number of nitro benzene ring substituents is 1. The highest BCUT2D eigenvalue weighted by atomic mass is 32.1. The van der Waals surface area contributed by atoms with E-state index >= 15 is 0 Å². The van der Waals surface area contributed by atoms with Crippen molar-refractivity contribution in [3.63, 3.8) is 0 Å². The summed E-state index contributed by atoms with van der Waals surface area (Å²) >= 11 is 1.11. The van der Waals surface area contributed by atoms with Crippen LogP contribution >= 0.6 is 11.3 Å². The van der Waals surface area contributed by atoms with Crippen LogP contribution in [-0.4, -0.2) is 16.7 Å². The molecule has 0 radical (unpaired) electrons. The number of non-ortho nitro benzene ring substituents is 1. The Hall–Kier alpha value is -3.46. The zero-order chi connectivity index (χ0) is 19.6. The number of nitrogens with zero attached hydrogens (tertiary/aromatic N) is 1. The van der Waals surface area contributed by atoms with Gasteiger partial charge < -0.3 is 15.1 Å². The van der Waals surface area contributed by atoms with Crippen molar-refractivity contribution in [3.8, 4) is 0 Å². The van der Waals surface area contributed by atoms with Gasteiger partial charge in [0.25, 0.3) is 17.5 Å². The molecule has 0 bridgehead atoms. The minimum absolute atomic E-state index is 0.106. The molecule has 0 spiro atoms. The lowest BCUT2D eigenvalue weighted by Gasteiger charge is -2.07. The summed E-state index contributed by atoms with van der Waals surface area (Å²) in [6.45, 7) is 3.49. The van der Waals surface area contributed by atoms with E-state index in [0.717, 1.165) is 11.3 Å². The Balaban J connectivity index is 1.78. The minimum Gasteiger partial charge on any atom is -0.459 e. The molecule has 0 aliphatic carbocycles. The van der Waals surface area contributed by atoms with E-state index in [0.29, 0.717) is 26.7 Å². The second-order valence-corrected chi connectivity index (χ2v) is 6.82. The van der Waals surface area contributed by atoms with Crippen LogP contribution in [0.1, 0.15) is 31.4 Å². The summed E-state index contributed by atoms with van der Waals surface area (Å²) in [4.78, 5) is 35.4. The van der Waals surface area contributed by atoms with Gasteiger partial charge in [-0.1, -0.05) is 6.07 Å². The standard InChI is InChI=1S/C18H15N3O5S/c1-10-5-6-12(21(24)25)9-13(10)19-18(23)16-11(2)8-15(27-16)20-17(22)14-4-3-7-26-14/h3-9H,1-2H3,(H,19,23)(H,20,22). The fourth-order valence-corrected chi connectivity index (χ4v) is 3.35. The summed E-state index contributed by atoms with van der Waals surface area (Å²) in [5.41, 5.74) is 1.64. The maximum Gasteiger partial charge on any atom is 0.291 e. The second-order valence-electron chi connectivity index (χ2n) is 5.76. The van der Waals surface area contributed by atoms with Gasteiger partial charge in [0.05, 0.1) is 26.8 Å². The number of furan rings is 1. The van der Waals surface area contributed by atoms with E-state index in [1.807, 2.05) is 0 Å². The molecule has 3 aromatic rings. The van der Waals surface area contributed by atoms with E-state index in [-0.39, 0.29) is 11.4 Å². The molecule has 9 heteroatoms. The molecule has 2 aromatic heterocycles. The third-order valence-corrected chi connectivity index (χ3v) is 4.94. The van der Waals surface area contributed by atoms with Crippen LogP contribution in [0, 0.1) is 24.0 Å². The fourth-order valence-electron chi connectivity index (χ4n) is 2.39. The van der Waals surface area contributed by atoms with E-state index in [1.165, 1.54) is 24.5 Å². The highest BCUT2D eigenvalue weighted by molar-refractivity contribution is 7.18. The van der Waals surface area contributed by atoms with Gasteiger partial charge in [-0.25, -0.2) is 0 Å². The third kappa shape index (κ3) is 4.04. The number of hydrogen-bond acceptors (Lipinski definition) is 6. The van der Waals surface area contributed by atoms with Crippen molar-refractivity contribution in [2.45, 2.75) is 13.8 Å². The Morgan fingerprint density at radius 2 is 1.85 bits per heavy atom. The number of nitro groups is 1. The predicted octanol–water partition coefficient (Wildman–Crippen LogP) is 4.37. The highest BCUT2D eigenvalue weighted by Crippen LogP contribution is 2.29. The lowest BCUT2D eigenvalue weighted by Crippen LogP contribution is -2.12. The van der Waals surface area contributed by atoms with Gasteiger partial charge in [0, 0.05) is 12.1 Å². The first-order valence-corrected chi connectivity index (χ1v) is 8.68. The molecular formula is C18H15N3O5S. The fraction of sp³-hybridized carbons (Fsp3) is 0.111. The molecule has 0 aliphatic rings. The summed E-state index contributed by atoms with van der Waals surface area (Å²) < 4.78 is 5.03. The second kappa shape index (κ2) is 7.42. The van der Waals surface area contributed by atoms with Crippen LogP contribution in [0.25, 0.3) is 0 Å². The highest BCUT2D eigenvalue weighted by Gasteiger charge is 2.18. The summed E-state index contributed by atoms with van der Waals surface area (Å²) in [7, 11) is 0. The Kier molecular flexibility index (Phi) is 5.04. The number of amides is 2. The van der Waals surface area contributed by atoms with Crippen molar-refractivity contribution >= 4 is 39.5 Å². The summed E-state index contributed by atoms with van der Waals surface area (Å²) in [6.07, 6.45) is 1.40. The van der Waals surface area contributed by atoms with Gasteiger partial charge in [-0.05, 0) is 43.2 Å². The quantitative estimate of drug-likeness (QED) is 0.500. The average molecular weight is 385 g/mol. The van der Waals surface area contributed by atoms with Crippen LogP contribution in [0.4, 0.5) is 16.4 Å². The average Bonchev–Trinajstić information content (AvgIpc) is 3.26. The van der Waals surface area contributed by atoms with E-state index < -0.39 is 16.7 Å². The number of hydrogen-bond donors (Lipinski definition) is 2. The zero-order valence-electron chi connectivity index (χ0n) is 14.4. The van der Waals surface area contributed by atoms with Crippen molar-refractivity contribution in [2.75, 3.05) is 10.6 Å². The number of carbonyl (C=O) groups excluding carboxylic acids is 2. The normalized spacial score (nSPS) is 10.4. The maximum absolute atomic E-state index is 12.6. The zero-order valence-corrected chi connectivity index (χ0v) is 15.3. The predicted molar refractivity (Wildman–Crippen MR) is 102 cm³/mol. The molecule has 0 aliphatic heterocycles. The minimum atomic E-state index is -0.520. The molecule has 2 heterocycles. The van der Waals surface area contributed by atoms with Crippen LogP contribution < -0.4 is 10.6 Å². The molecule has 0 unspecified atom stereocenters. The van der Waals surface area contributed by atoms with Gasteiger partial charge in [0.1, 0.15) is 0 Å². The Morgan fingerprint density at radius 1 is 1.07 bits per heavy atom. The van der Waals surface area contributed by atoms with Gasteiger partial charge in [-0.2, -0.15) is 0 Å². The molecule has 8 nitrogen and oxygen atoms in total. The SMILES string of the molecule is Cc1ccc([N+](=O)[O-])cc1NC(=O)c1sc(NC(=O)c2ccco2)cc1C. The smallest absolute Gasteiger partial charge is 0.291 e. The van der Waals surface area contributed by atoms with Gasteiger partial charge in [0.2, 0.25) is 0 Å². The number of rotatable bonds is 5. The van der Waals surface area contributed by atoms with Crippen molar-refractivity contribution in [1.82, 2.24) is 0 Å². The molecule has 1 aromatic carbocycles. The largest absolute Gasteiger partial charge is 0.459 e. The van der Waals surface area contributed by atoms with Crippen LogP contribution in [0.3, 0.4) is 0 Å². The number of aryl methyl sites for hydroxylation is 2. The molecule has 27 heavy (non-hydrogen) atoms. The first-order valence-electron chi connectivity index (χ1n) is 7.87. The van der Waals surface area contributed by atoms with Gasteiger partial charge in [-0.15, -0.1) is 11.3 Å². The van der Waals surface area contributed by atoms with Crippen LogP contribution in [0.2, 0.25) is 0 Å². The molecule has 0 atom stereocenters. The van der Waals surface area contributed by atoms with Crippen molar-refractivity contribution in [2.24, 2.45) is 0 Å². The van der Waals surface area contributed by atoms with Gasteiger partial charge in [-0.3, -0.25) is 19.7 Å². The Morgan fingerprint density at radius 3 is 2.52 bits per heavy atom. The topological polar surface area (TPSA) is 114 Å². The number of anilines is 2. The summed E-state index contributed by atoms with van der Waals surface area (Å²) in [6, 6.07) is 9.09. The molecule has 3 rings (SSSR count).